The molecule has 0 bridgehead atoms. The molecule has 0 unspecified atom stereocenters. The number of aliphatic hydroxyl groups is 1. The van der Waals surface area contributed by atoms with Gasteiger partial charge in [-0.3, -0.25) is 4.79 Å². The summed E-state index contributed by atoms with van der Waals surface area (Å²) in [5, 5.41) is 19.5. The van der Waals surface area contributed by atoms with Crippen LogP contribution in [0.2, 0.25) is 0 Å². The predicted molar refractivity (Wildman–Crippen MR) is 74.8 cm³/mol. The number of alkyl halides is 1. The number of rotatable bonds is 2. The Morgan fingerprint density at radius 3 is 2.89 bits per heavy atom. The van der Waals surface area contributed by atoms with Crippen molar-refractivity contribution in [2.24, 2.45) is 0 Å². The van der Waals surface area contributed by atoms with Gasteiger partial charge in [-0.1, -0.05) is 28.1 Å². The summed E-state index contributed by atoms with van der Waals surface area (Å²) in [6.45, 7) is 0. The number of hydrogen-bond acceptors (Lipinski definition) is 5. The highest BCUT2D eigenvalue weighted by Crippen LogP contribution is 2.24. The lowest BCUT2D eigenvalue weighted by Gasteiger charge is -2.01. The molecule has 1 heterocycles. The van der Waals surface area contributed by atoms with E-state index in [1.165, 1.54) is 11.3 Å². The van der Waals surface area contributed by atoms with Crippen LogP contribution in [0.25, 0.3) is 15.7 Å². The van der Waals surface area contributed by atoms with E-state index in [1.807, 2.05) is 12.1 Å². The van der Waals surface area contributed by atoms with Crippen LogP contribution < -0.4 is 5.56 Å². The Morgan fingerprint density at radius 2 is 2.22 bits per heavy atom. The monoisotopic (exact) mass is 322 g/mol. The summed E-state index contributed by atoms with van der Waals surface area (Å²) in [6, 6.07) is 8.91. The van der Waals surface area contributed by atoms with Crippen molar-refractivity contribution in [2.75, 3.05) is 5.33 Å². The quantitative estimate of drug-likeness (QED) is 0.524. The fourth-order valence-electron chi connectivity index (χ4n) is 1.42. The Balaban J connectivity index is 2.75. The molecule has 0 fully saturated rings. The first-order chi connectivity index (χ1) is 8.67. The second kappa shape index (κ2) is 5.29. The third-order valence-electron chi connectivity index (χ3n) is 2.27. The molecule has 0 atom stereocenters. The molecule has 1 aromatic carbocycles. The molecule has 2 aromatic rings. The molecular formula is C12H7BrN2O2S. The molecule has 0 amide bonds. The topological polar surface area (TPSA) is 74.0 Å². The van der Waals surface area contributed by atoms with Crippen LogP contribution in [0.4, 0.5) is 0 Å². The Labute approximate surface area is 115 Å². The van der Waals surface area contributed by atoms with Crippen LogP contribution in [-0.4, -0.2) is 15.4 Å². The minimum absolute atomic E-state index is 0.0275. The Morgan fingerprint density at radius 1 is 1.50 bits per heavy atom. The minimum atomic E-state index is -0.394. The van der Waals surface area contributed by atoms with E-state index in [0.717, 1.165) is 4.70 Å². The highest BCUT2D eigenvalue weighted by molar-refractivity contribution is 9.09. The van der Waals surface area contributed by atoms with Crippen LogP contribution in [0.15, 0.2) is 34.8 Å². The molecule has 0 spiro atoms. The average Bonchev–Trinajstić information content (AvgIpc) is 2.39. The van der Waals surface area contributed by atoms with Crippen LogP contribution >= 0.6 is 27.3 Å². The van der Waals surface area contributed by atoms with Gasteiger partial charge in [-0.25, -0.2) is 0 Å². The number of aromatic nitrogens is 1. The smallest absolute Gasteiger partial charge is 0.279 e. The van der Waals surface area contributed by atoms with Crippen molar-refractivity contribution in [3.63, 3.8) is 0 Å². The number of aliphatic hydroxyl groups excluding tert-OH is 1. The van der Waals surface area contributed by atoms with Gasteiger partial charge in [0.2, 0.25) is 0 Å². The lowest BCUT2D eigenvalue weighted by molar-refractivity contribution is 0.421. The van der Waals surface area contributed by atoms with Crippen molar-refractivity contribution < 1.29 is 5.11 Å². The molecular weight excluding hydrogens is 316 g/mol. The highest BCUT2D eigenvalue weighted by atomic mass is 79.9. The maximum absolute atomic E-state index is 11.8. The second-order valence-electron chi connectivity index (χ2n) is 3.39. The van der Waals surface area contributed by atoms with Crippen molar-refractivity contribution in [3.8, 4) is 6.07 Å². The first-order valence-corrected chi connectivity index (χ1v) is 6.89. The number of nitriles is 1. The van der Waals surface area contributed by atoms with Crippen LogP contribution in [0.5, 0.6) is 0 Å². The minimum Gasteiger partial charge on any atom is -0.510 e. The SMILES string of the molecule is N#CC(=C(O)CBr)c1nc(=O)c2ccccc2s1. The van der Waals surface area contributed by atoms with Gasteiger partial charge in [0.15, 0.2) is 0 Å². The van der Waals surface area contributed by atoms with E-state index in [2.05, 4.69) is 20.9 Å². The van der Waals surface area contributed by atoms with E-state index in [1.54, 1.807) is 18.2 Å². The third kappa shape index (κ3) is 2.28. The summed E-state index contributed by atoms with van der Waals surface area (Å²) in [5.41, 5.74) is -0.366. The average molecular weight is 323 g/mol. The van der Waals surface area contributed by atoms with E-state index < -0.39 is 5.56 Å². The standard InChI is InChI=1S/C12H7BrN2O2S/c13-5-9(16)8(6-14)12-15-11(17)7-3-1-2-4-10(7)18-12/h1-4,16H,5H2. The molecule has 0 radical (unpaired) electrons. The zero-order valence-corrected chi connectivity index (χ0v) is 11.5. The highest BCUT2D eigenvalue weighted by Gasteiger charge is 2.12. The summed E-state index contributed by atoms with van der Waals surface area (Å²) in [4.78, 5) is 15.6. The van der Waals surface area contributed by atoms with Crippen molar-refractivity contribution in [1.82, 2.24) is 4.98 Å². The van der Waals surface area contributed by atoms with Gasteiger partial charge in [0.25, 0.3) is 5.56 Å². The Kier molecular flexibility index (Phi) is 3.75. The number of nitrogens with zero attached hydrogens (tertiary/aromatic N) is 2. The molecule has 2 rings (SSSR count). The summed E-state index contributed by atoms with van der Waals surface area (Å²) in [5.74, 6) is -0.129. The molecule has 0 aliphatic rings. The van der Waals surface area contributed by atoms with Crippen molar-refractivity contribution >= 4 is 42.9 Å². The van der Waals surface area contributed by atoms with Crippen LogP contribution in [0.3, 0.4) is 0 Å². The van der Waals surface area contributed by atoms with Crippen molar-refractivity contribution in [3.05, 3.63) is 45.4 Å². The van der Waals surface area contributed by atoms with Crippen molar-refractivity contribution in [2.45, 2.75) is 0 Å². The Hall–Kier alpha value is -1.71. The summed E-state index contributed by atoms with van der Waals surface area (Å²) in [7, 11) is 0. The maximum Gasteiger partial charge on any atom is 0.279 e. The van der Waals surface area contributed by atoms with E-state index >= 15 is 0 Å². The molecule has 0 saturated carbocycles. The van der Waals surface area contributed by atoms with Gasteiger partial charge in [0.1, 0.15) is 22.4 Å². The van der Waals surface area contributed by atoms with Gasteiger partial charge in [-0.05, 0) is 12.1 Å². The second-order valence-corrected chi connectivity index (χ2v) is 4.98. The fraction of sp³-hybridized carbons (Fsp3) is 0.0833. The molecule has 1 aromatic heterocycles. The van der Waals surface area contributed by atoms with Crippen LogP contribution in [0.1, 0.15) is 5.01 Å². The van der Waals surface area contributed by atoms with Gasteiger partial charge in [-0.15, -0.1) is 11.3 Å². The lowest BCUT2D eigenvalue weighted by atomic mass is 10.2. The zero-order valence-electron chi connectivity index (χ0n) is 9.05. The Bertz CT molecular complexity index is 731. The summed E-state index contributed by atoms with van der Waals surface area (Å²) in [6.07, 6.45) is 0. The van der Waals surface area contributed by atoms with Crippen LogP contribution in [-0.2, 0) is 0 Å². The normalized spacial score (nSPS) is 12.0. The van der Waals surface area contributed by atoms with E-state index in [9.17, 15) is 9.90 Å². The van der Waals surface area contributed by atoms with E-state index in [-0.39, 0.29) is 21.7 Å². The predicted octanol–water partition coefficient (Wildman–Crippen LogP) is 2.84. The number of fused-ring (bicyclic) bond motifs is 1. The van der Waals surface area contributed by atoms with Gasteiger partial charge < -0.3 is 5.11 Å². The maximum atomic E-state index is 11.8. The van der Waals surface area contributed by atoms with E-state index in [0.29, 0.717) is 5.39 Å². The third-order valence-corrected chi connectivity index (χ3v) is 3.86. The van der Waals surface area contributed by atoms with Gasteiger partial charge in [-0.2, -0.15) is 10.2 Å². The molecule has 90 valence electrons. The summed E-state index contributed by atoms with van der Waals surface area (Å²) < 4.78 is 0.739. The first kappa shape index (κ1) is 12.7. The number of allylic oxidation sites excluding steroid dienone is 2. The molecule has 0 aliphatic carbocycles. The molecule has 6 heteroatoms. The number of halogens is 1. The summed E-state index contributed by atoms with van der Waals surface area (Å²) >= 11 is 4.27. The van der Waals surface area contributed by atoms with E-state index in [4.69, 9.17) is 5.26 Å². The van der Waals surface area contributed by atoms with Crippen molar-refractivity contribution in [1.29, 1.82) is 5.26 Å². The lowest BCUT2D eigenvalue weighted by Crippen LogP contribution is -2.08. The number of hydrogen-bond donors (Lipinski definition) is 1. The van der Waals surface area contributed by atoms with Gasteiger partial charge >= 0.3 is 0 Å². The number of benzene rings is 1. The molecule has 1 N–H and O–H groups in total. The largest absolute Gasteiger partial charge is 0.510 e. The molecule has 0 saturated heterocycles. The zero-order chi connectivity index (χ0) is 13.1. The first-order valence-electron chi connectivity index (χ1n) is 4.95. The van der Waals surface area contributed by atoms with Gasteiger partial charge in [0.05, 0.1) is 10.7 Å². The molecule has 4 nitrogen and oxygen atoms in total. The van der Waals surface area contributed by atoms with Gasteiger partial charge in [0, 0.05) is 4.70 Å². The molecule has 18 heavy (non-hydrogen) atoms. The fourth-order valence-corrected chi connectivity index (χ4v) is 2.72. The van der Waals surface area contributed by atoms with Crippen LogP contribution in [0, 0.1) is 11.3 Å². The molecule has 0 aliphatic heterocycles.